The minimum Gasteiger partial charge on any atom is -0.455 e. The van der Waals surface area contributed by atoms with Crippen molar-refractivity contribution >= 4 is 24.7 Å². The van der Waals surface area contributed by atoms with Crippen LogP contribution in [0.2, 0.25) is 18.1 Å². The Labute approximate surface area is 215 Å². The van der Waals surface area contributed by atoms with Crippen LogP contribution >= 0.6 is 0 Å². The van der Waals surface area contributed by atoms with Gasteiger partial charge < -0.3 is 14.0 Å². The zero-order chi connectivity index (χ0) is 26.8. The fourth-order valence-corrected chi connectivity index (χ4v) is 4.03. The number of rotatable bonds is 14. The maximum atomic E-state index is 15.8. The maximum Gasteiger partial charge on any atom is 0.286 e. The van der Waals surface area contributed by atoms with Crippen LogP contribution < -0.4 is 0 Å². The molecule has 0 aliphatic heterocycles. The van der Waals surface area contributed by atoms with Gasteiger partial charge in [-0.05, 0) is 29.3 Å². The van der Waals surface area contributed by atoms with Crippen molar-refractivity contribution in [1.29, 1.82) is 0 Å². The van der Waals surface area contributed by atoms with Gasteiger partial charge in [-0.25, -0.2) is 4.39 Å². The Bertz CT molecular complexity index is 1050. The van der Waals surface area contributed by atoms with Crippen molar-refractivity contribution in [2.24, 2.45) is 5.16 Å². The van der Waals surface area contributed by atoms with Crippen molar-refractivity contribution in [3.63, 3.8) is 0 Å². The van der Waals surface area contributed by atoms with Gasteiger partial charge in [-0.2, -0.15) is 8.42 Å². The molecule has 0 saturated carbocycles. The first-order valence-corrected chi connectivity index (χ1v) is 16.5. The number of hydrogen-bond acceptors (Lipinski definition) is 7. The van der Waals surface area contributed by atoms with Crippen molar-refractivity contribution in [3.8, 4) is 0 Å². The maximum absolute atomic E-state index is 15.8. The summed E-state index contributed by atoms with van der Waals surface area (Å²) in [6.45, 7) is 10.2. The molecule has 0 saturated heterocycles. The lowest BCUT2D eigenvalue weighted by Gasteiger charge is -2.33. The molecule has 0 N–H and O–H groups in total. The van der Waals surface area contributed by atoms with Gasteiger partial charge >= 0.3 is 0 Å². The summed E-state index contributed by atoms with van der Waals surface area (Å²) in [5.41, 5.74) is 1.70. The van der Waals surface area contributed by atoms with E-state index in [1.54, 1.807) is 0 Å². The third-order valence-corrected chi connectivity index (χ3v) is 10.7. The monoisotopic (exact) mass is 539 g/mol. The summed E-state index contributed by atoms with van der Waals surface area (Å²) in [7, 11) is -6.22. The fraction of sp³-hybridized carbons (Fsp3) is 0.500. The summed E-state index contributed by atoms with van der Waals surface area (Å²) in [6.07, 6.45) is -2.46. The third-order valence-electron chi connectivity index (χ3n) is 5.94. The summed E-state index contributed by atoms with van der Waals surface area (Å²) in [5, 5.41) is 3.97. The number of benzene rings is 2. The van der Waals surface area contributed by atoms with E-state index in [0.29, 0.717) is 0 Å². The Morgan fingerprint density at radius 1 is 0.972 bits per heavy atom. The second kappa shape index (κ2) is 13.4. The van der Waals surface area contributed by atoms with Crippen molar-refractivity contribution in [2.75, 3.05) is 12.9 Å². The molecule has 0 fully saturated rings. The lowest BCUT2D eigenvalue weighted by atomic mass is 10.1. The molecule has 7 nitrogen and oxygen atoms in total. The average molecular weight is 540 g/mol. The molecule has 0 aliphatic carbocycles. The molecule has 10 heteroatoms. The highest BCUT2D eigenvalue weighted by Crippen LogP contribution is 2.36. The summed E-state index contributed by atoms with van der Waals surface area (Å²) >= 11 is 0. The van der Waals surface area contributed by atoms with Crippen molar-refractivity contribution in [2.45, 2.75) is 70.5 Å². The lowest BCUT2D eigenvalue weighted by molar-refractivity contribution is -0.0477. The number of ether oxygens (including phenoxy) is 2. The van der Waals surface area contributed by atoms with Gasteiger partial charge in [0.15, 0.2) is 6.17 Å². The van der Waals surface area contributed by atoms with Crippen molar-refractivity contribution < 1.29 is 31.0 Å². The smallest absolute Gasteiger partial charge is 0.286 e. The van der Waals surface area contributed by atoms with Crippen LogP contribution in [0.15, 0.2) is 65.8 Å². The van der Waals surface area contributed by atoms with Crippen LogP contribution in [-0.2, 0) is 41.5 Å². The molecule has 0 spiro atoms. The van der Waals surface area contributed by atoms with Gasteiger partial charge in [-0.15, -0.1) is 5.16 Å². The zero-order valence-electron chi connectivity index (χ0n) is 21.9. The second-order valence-corrected chi connectivity index (χ2v) is 16.5. The molecule has 200 valence electrons. The Balaban J connectivity index is 2.20. The van der Waals surface area contributed by atoms with Crippen LogP contribution in [0, 0.1) is 0 Å². The predicted molar refractivity (Wildman–Crippen MR) is 143 cm³/mol. The zero-order valence-corrected chi connectivity index (χ0v) is 23.7. The topological polar surface area (TPSA) is 83.4 Å². The van der Waals surface area contributed by atoms with E-state index in [-0.39, 0.29) is 24.9 Å². The molecule has 2 rings (SSSR count). The van der Waals surface area contributed by atoms with E-state index in [4.69, 9.17) is 18.2 Å². The van der Waals surface area contributed by atoms with Gasteiger partial charge in [0.2, 0.25) is 0 Å². The quantitative estimate of drug-likeness (QED) is 0.137. The van der Waals surface area contributed by atoms with E-state index in [9.17, 15) is 8.42 Å². The van der Waals surface area contributed by atoms with Crippen LogP contribution in [0.3, 0.4) is 0 Å². The van der Waals surface area contributed by atoms with Gasteiger partial charge in [-0.1, -0.05) is 81.4 Å². The van der Waals surface area contributed by atoms with Crippen LogP contribution in [0.1, 0.15) is 31.9 Å². The van der Waals surface area contributed by atoms with Gasteiger partial charge in [0.25, 0.3) is 18.4 Å². The van der Waals surface area contributed by atoms with E-state index in [1.807, 2.05) is 73.8 Å². The Morgan fingerprint density at radius 2 is 1.50 bits per heavy atom. The van der Waals surface area contributed by atoms with Crippen molar-refractivity contribution in [1.82, 2.24) is 0 Å². The molecule has 0 amide bonds. The Hall–Kier alpha value is -2.11. The second-order valence-electron chi connectivity index (χ2n) is 10.2. The number of oxime groups is 1. The first-order chi connectivity index (χ1) is 16.8. The molecule has 0 aromatic heterocycles. The molecule has 36 heavy (non-hydrogen) atoms. The first-order valence-electron chi connectivity index (χ1n) is 11.8. The molecular weight excluding hydrogens is 501 g/mol. The fourth-order valence-electron chi connectivity index (χ4n) is 2.82. The predicted octanol–water partition coefficient (Wildman–Crippen LogP) is 5.48. The molecule has 0 aliphatic rings. The number of alkyl halides is 1. The van der Waals surface area contributed by atoms with Gasteiger partial charge in [0, 0.05) is 0 Å². The number of halogens is 1. The highest BCUT2D eigenvalue weighted by Gasteiger charge is 2.40. The molecule has 0 radical (unpaired) electrons. The number of hydrogen-bond donors (Lipinski definition) is 0. The SMILES string of the molecule is CC(C)(C)[Si](C)(C)O/N=C/[C@H](OCc1ccccc1)[C@@H](F)[C@@H](COCc1ccccc1)OS(C)(=O)=O. The van der Waals surface area contributed by atoms with E-state index in [2.05, 4.69) is 25.9 Å². The minimum atomic E-state index is -3.97. The Kier molecular flexibility index (Phi) is 11.2. The largest absolute Gasteiger partial charge is 0.455 e. The van der Waals surface area contributed by atoms with Gasteiger partial charge in [-0.3, -0.25) is 4.18 Å². The molecule has 3 atom stereocenters. The molecule has 0 bridgehead atoms. The van der Waals surface area contributed by atoms with Crippen LogP contribution in [0.5, 0.6) is 0 Å². The number of nitrogens with zero attached hydrogens (tertiary/aromatic N) is 1. The van der Waals surface area contributed by atoms with E-state index >= 15 is 4.39 Å². The summed E-state index contributed by atoms with van der Waals surface area (Å²) in [5.74, 6) is 0. The van der Waals surface area contributed by atoms with E-state index < -0.39 is 36.8 Å². The van der Waals surface area contributed by atoms with Gasteiger partial charge in [0.1, 0.15) is 12.2 Å². The van der Waals surface area contributed by atoms with E-state index in [0.717, 1.165) is 17.4 Å². The molecule has 0 unspecified atom stereocenters. The highest BCUT2D eigenvalue weighted by molar-refractivity contribution is 7.86. The summed E-state index contributed by atoms with van der Waals surface area (Å²) in [4.78, 5) is 0. The summed E-state index contributed by atoms with van der Waals surface area (Å²) < 4.78 is 61.9. The first kappa shape index (κ1) is 30.1. The van der Waals surface area contributed by atoms with E-state index in [1.165, 1.54) is 6.21 Å². The minimum absolute atomic E-state index is 0.0918. The Morgan fingerprint density at radius 3 is 2.00 bits per heavy atom. The molecule has 0 heterocycles. The van der Waals surface area contributed by atoms with Gasteiger partial charge in [0.05, 0.1) is 32.3 Å². The molecule has 2 aromatic carbocycles. The van der Waals surface area contributed by atoms with Crippen LogP contribution in [0.25, 0.3) is 0 Å². The lowest BCUT2D eigenvalue weighted by Crippen LogP contribution is -2.43. The average Bonchev–Trinajstić information content (AvgIpc) is 2.80. The molecule has 2 aromatic rings. The van der Waals surface area contributed by atoms with Crippen LogP contribution in [0.4, 0.5) is 4.39 Å². The highest BCUT2D eigenvalue weighted by atomic mass is 32.2. The standard InChI is InChI=1S/C26H38FNO6SSi/c1-26(2,3)36(5,6)34-28-17-23(32-19-22-15-11-8-12-16-22)25(27)24(33-35(4,29)30)20-31-18-21-13-9-7-10-14-21/h7-17,23-25H,18-20H2,1-6H3/b28-17+/t23-,24+,25+/m0/s1. The van der Waals surface area contributed by atoms with Crippen LogP contribution in [-0.4, -0.2) is 54.2 Å². The summed E-state index contributed by atoms with van der Waals surface area (Å²) in [6, 6.07) is 18.6. The third kappa shape index (κ3) is 10.5. The molecular formula is C26H38FNO6SSi. The van der Waals surface area contributed by atoms with Crippen molar-refractivity contribution in [3.05, 3.63) is 71.8 Å². The normalized spacial score (nSPS) is 15.5.